The number of nitrogens with zero attached hydrogens (tertiary/aromatic N) is 3. The maximum Gasteiger partial charge on any atom is 0.170 e. The van der Waals surface area contributed by atoms with Crippen LogP contribution >= 0.6 is 23.8 Å². The van der Waals surface area contributed by atoms with Gasteiger partial charge in [0.2, 0.25) is 0 Å². The van der Waals surface area contributed by atoms with Crippen LogP contribution in [-0.2, 0) is 4.74 Å². The average molecular weight is 481 g/mol. The van der Waals surface area contributed by atoms with Crippen molar-refractivity contribution in [2.45, 2.75) is 51.8 Å². The Labute approximate surface area is 205 Å². The summed E-state index contributed by atoms with van der Waals surface area (Å²) in [5, 5.41) is 5.08. The molecule has 172 valence electrons. The highest BCUT2D eigenvalue weighted by atomic mass is 35.5. The molecule has 2 fully saturated rings. The van der Waals surface area contributed by atoms with Crippen LogP contribution in [0.2, 0.25) is 5.02 Å². The summed E-state index contributed by atoms with van der Waals surface area (Å²) in [6.45, 7) is 8.18. The van der Waals surface area contributed by atoms with E-state index < -0.39 is 0 Å². The third-order valence-corrected chi connectivity index (χ3v) is 7.58. The molecule has 5 rings (SSSR count). The molecule has 3 atom stereocenters. The summed E-state index contributed by atoms with van der Waals surface area (Å²) in [4.78, 5) is 7.01. The molecular weight excluding hydrogens is 452 g/mol. The molecule has 2 aliphatic heterocycles. The van der Waals surface area contributed by atoms with Crippen molar-refractivity contribution in [3.8, 4) is 5.69 Å². The number of pyridine rings is 1. The molecule has 1 N–H and O–H groups in total. The van der Waals surface area contributed by atoms with Crippen LogP contribution in [-0.4, -0.2) is 38.8 Å². The molecule has 0 amide bonds. The molecule has 0 radical (unpaired) electrons. The molecule has 5 nitrogen and oxygen atoms in total. The SMILES string of the molecule is Cc1c([C@@H]2[C@@H](c3ccccn3)NC(=S)N2C[C@H]2CCCO2)c(C)n(-c2cccc(Cl)c2)c1C. The van der Waals surface area contributed by atoms with Gasteiger partial charge in [0, 0.05) is 47.0 Å². The molecule has 2 aliphatic rings. The van der Waals surface area contributed by atoms with Crippen LogP contribution in [0.5, 0.6) is 0 Å². The predicted molar refractivity (Wildman–Crippen MR) is 136 cm³/mol. The number of hydrogen-bond acceptors (Lipinski definition) is 3. The average Bonchev–Trinajstić information content (AvgIpc) is 3.49. The number of nitrogens with one attached hydrogen (secondary N) is 1. The highest BCUT2D eigenvalue weighted by Crippen LogP contribution is 2.43. The monoisotopic (exact) mass is 480 g/mol. The van der Waals surface area contributed by atoms with Crippen LogP contribution in [0, 0.1) is 20.8 Å². The van der Waals surface area contributed by atoms with Crippen molar-refractivity contribution < 1.29 is 4.74 Å². The third kappa shape index (κ3) is 4.05. The van der Waals surface area contributed by atoms with Crippen LogP contribution in [0.3, 0.4) is 0 Å². The molecule has 0 bridgehead atoms. The Morgan fingerprint density at radius 1 is 1.15 bits per heavy atom. The standard InChI is InChI=1S/C26H29ClN4OS/c1-16-17(2)31(20-9-6-8-19(27)14-20)18(3)23(16)25-24(22-11-4-5-12-28-22)29-26(33)30(25)15-21-10-7-13-32-21/h4-6,8-9,11-12,14,21,24-25H,7,10,13,15H2,1-3H3,(H,29,33)/t21-,24-,25-/m1/s1. The minimum Gasteiger partial charge on any atom is -0.376 e. The van der Waals surface area contributed by atoms with Crippen molar-refractivity contribution in [1.29, 1.82) is 0 Å². The lowest BCUT2D eigenvalue weighted by atomic mass is 9.93. The Morgan fingerprint density at radius 3 is 2.70 bits per heavy atom. The van der Waals surface area contributed by atoms with Crippen LogP contribution < -0.4 is 5.32 Å². The number of hydrogen-bond donors (Lipinski definition) is 1. The van der Waals surface area contributed by atoms with E-state index in [2.05, 4.69) is 47.7 Å². The Bertz CT molecular complexity index is 1170. The molecule has 33 heavy (non-hydrogen) atoms. The van der Waals surface area contributed by atoms with Crippen LogP contribution in [0.1, 0.15) is 53.1 Å². The first-order valence-electron chi connectivity index (χ1n) is 11.5. The van der Waals surface area contributed by atoms with Crippen LogP contribution in [0.4, 0.5) is 0 Å². The van der Waals surface area contributed by atoms with E-state index in [4.69, 9.17) is 33.5 Å². The fourth-order valence-corrected chi connectivity index (χ4v) is 5.87. The predicted octanol–water partition coefficient (Wildman–Crippen LogP) is 5.60. The Kier molecular flexibility index (Phi) is 6.16. The van der Waals surface area contributed by atoms with Gasteiger partial charge in [-0.2, -0.15) is 0 Å². The zero-order chi connectivity index (χ0) is 23.1. The Hall–Kier alpha value is -2.41. The minimum absolute atomic E-state index is 0.0238. The van der Waals surface area contributed by atoms with E-state index in [1.165, 1.54) is 22.5 Å². The molecule has 4 heterocycles. The van der Waals surface area contributed by atoms with Gasteiger partial charge < -0.3 is 19.5 Å². The molecule has 7 heteroatoms. The minimum atomic E-state index is -0.0351. The van der Waals surface area contributed by atoms with Crippen molar-refractivity contribution in [3.63, 3.8) is 0 Å². The molecule has 1 aromatic carbocycles. The largest absolute Gasteiger partial charge is 0.376 e. The second-order valence-corrected chi connectivity index (χ2v) is 9.76. The van der Waals surface area contributed by atoms with Crippen LogP contribution in [0.15, 0.2) is 48.7 Å². The van der Waals surface area contributed by atoms with Gasteiger partial charge in [-0.05, 0) is 81.7 Å². The fourth-order valence-electron chi connectivity index (χ4n) is 5.37. The maximum absolute atomic E-state index is 6.34. The first kappa shape index (κ1) is 22.4. The van der Waals surface area contributed by atoms with Crippen molar-refractivity contribution >= 4 is 28.9 Å². The summed E-state index contributed by atoms with van der Waals surface area (Å²) in [6, 6.07) is 14.1. The second kappa shape index (κ2) is 9.09. The maximum atomic E-state index is 6.34. The van der Waals surface area contributed by atoms with E-state index in [1.807, 2.05) is 36.5 Å². The Morgan fingerprint density at radius 2 is 2.00 bits per heavy atom. The number of rotatable bonds is 5. The van der Waals surface area contributed by atoms with Gasteiger partial charge in [0.05, 0.1) is 23.9 Å². The van der Waals surface area contributed by atoms with Gasteiger partial charge in [0.1, 0.15) is 0 Å². The van der Waals surface area contributed by atoms with Gasteiger partial charge in [-0.15, -0.1) is 0 Å². The summed E-state index contributed by atoms with van der Waals surface area (Å²) >= 11 is 12.2. The smallest absolute Gasteiger partial charge is 0.170 e. The third-order valence-electron chi connectivity index (χ3n) is 6.99. The first-order valence-corrected chi connectivity index (χ1v) is 12.3. The van der Waals surface area contributed by atoms with Crippen molar-refractivity contribution in [1.82, 2.24) is 19.8 Å². The van der Waals surface area contributed by atoms with Crippen molar-refractivity contribution in [3.05, 3.63) is 81.9 Å². The van der Waals surface area contributed by atoms with Gasteiger partial charge in [0.25, 0.3) is 0 Å². The van der Waals surface area contributed by atoms with E-state index in [9.17, 15) is 0 Å². The molecule has 2 saturated heterocycles. The Balaban J connectivity index is 1.64. The fraction of sp³-hybridized carbons (Fsp3) is 0.385. The number of thiocarbonyl (C=S) groups is 1. The van der Waals surface area contributed by atoms with Gasteiger partial charge in [-0.25, -0.2) is 0 Å². The van der Waals surface area contributed by atoms with E-state index in [0.29, 0.717) is 0 Å². The highest BCUT2D eigenvalue weighted by molar-refractivity contribution is 7.80. The first-order chi connectivity index (χ1) is 16.0. The molecule has 0 unspecified atom stereocenters. The molecule has 0 saturated carbocycles. The van der Waals surface area contributed by atoms with E-state index in [0.717, 1.165) is 47.5 Å². The van der Waals surface area contributed by atoms with Gasteiger partial charge in [0.15, 0.2) is 5.11 Å². The van der Waals surface area contributed by atoms with Crippen molar-refractivity contribution in [2.24, 2.45) is 0 Å². The number of benzene rings is 1. The molecule has 2 aromatic heterocycles. The van der Waals surface area contributed by atoms with E-state index in [-0.39, 0.29) is 18.2 Å². The topological polar surface area (TPSA) is 42.3 Å². The lowest BCUT2D eigenvalue weighted by molar-refractivity contribution is 0.0841. The molecule has 0 spiro atoms. The zero-order valence-corrected chi connectivity index (χ0v) is 20.8. The quantitative estimate of drug-likeness (QED) is 0.481. The number of aromatic nitrogens is 2. The summed E-state index contributed by atoms with van der Waals surface area (Å²) in [6.07, 6.45) is 4.23. The molecule has 0 aliphatic carbocycles. The van der Waals surface area contributed by atoms with E-state index >= 15 is 0 Å². The summed E-state index contributed by atoms with van der Waals surface area (Å²) < 4.78 is 8.30. The lowest BCUT2D eigenvalue weighted by Gasteiger charge is -2.30. The summed E-state index contributed by atoms with van der Waals surface area (Å²) in [5.41, 5.74) is 7.02. The highest BCUT2D eigenvalue weighted by Gasteiger charge is 2.43. The number of ether oxygens (including phenoxy) is 1. The molecule has 3 aromatic rings. The van der Waals surface area contributed by atoms with Gasteiger partial charge in [-0.1, -0.05) is 23.7 Å². The second-order valence-electron chi connectivity index (χ2n) is 8.94. The zero-order valence-electron chi connectivity index (χ0n) is 19.2. The van der Waals surface area contributed by atoms with Gasteiger partial charge in [-0.3, -0.25) is 4.98 Å². The van der Waals surface area contributed by atoms with Gasteiger partial charge >= 0.3 is 0 Å². The van der Waals surface area contributed by atoms with E-state index in [1.54, 1.807) is 0 Å². The summed E-state index contributed by atoms with van der Waals surface area (Å²) in [7, 11) is 0. The summed E-state index contributed by atoms with van der Waals surface area (Å²) in [5.74, 6) is 0. The molecular formula is C26H29ClN4OS. The lowest BCUT2D eigenvalue weighted by Crippen LogP contribution is -2.36. The van der Waals surface area contributed by atoms with Crippen LogP contribution in [0.25, 0.3) is 5.69 Å². The van der Waals surface area contributed by atoms with Crippen molar-refractivity contribution in [2.75, 3.05) is 13.2 Å². The normalized spacial score (nSPS) is 22.7. The number of halogens is 1.